The number of fused-ring (bicyclic) bond motifs is 2. The van der Waals surface area contributed by atoms with Crippen LogP contribution in [0.1, 0.15) is 27.8 Å². The quantitative estimate of drug-likeness (QED) is 0.681. The summed E-state index contributed by atoms with van der Waals surface area (Å²) in [5.74, 6) is 0.340. The molecule has 19 heavy (non-hydrogen) atoms. The lowest BCUT2D eigenvalue weighted by Gasteiger charge is -2.24. The minimum Gasteiger partial charge on any atom is -0.507 e. The van der Waals surface area contributed by atoms with Gasteiger partial charge in [0.2, 0.25) is 0 Å². The molecule has 0 saturated heterocycles. The van der Waals surface area contributed by atoms with Gasteiger partial charge in [0.15, 0.2) is 0 Å². The Morgan fingerprint density at radius 2 is 1.74 bits per heavy atom. The topological polar surface area (TPSA) is 37.3 Å². The average Bonchev–Trinajstić information content (AvgIpc) is 2.43. The first-order valence-electron chi connectivity index (χ1n) is 6.33. The van der Waals surface area contributed by atoms with Crippen LogP contribution >= 0.6 is 0 Å². The first-order valence-corrected chi connectivity index (χ1v) is 7.48. The average molecular weight is 272 g/mol. The minimum atomic E-state index is -1.14. The highest BCUT2D eigenvalue weighted by molar-refractivity contribution is 7.85. The molecule has 0 amide bonds. The number of hydrogen-bond acceptors (Lipinski definition) is 2. The van der Waals surface area contributed by atoms with E-state index in [9.17, 15) is 9.32 Å². The fourth-order valence-electron chi connectivity index (χ4n) is 2.76. The Morgan fingerprint density at radius 3 is 2.47 bits per heavy atom. The Bertz CT molecular complexity index is 717. The van der Waals surface area contributed by atoms with E-state index in [0.717, 1.165) is 44.0 Å². The Balaban J connectivity index is 2.35. The first kappa shape index (κ1) is 12.4. The third-order valence-corrected chi connectivity index (χ3v) is 5.79. The number of phenols is 1. The summed E-state index contributed by atoms with van der Waals surface area (Å²) >= 11 is 0. The molecule has 98 valence electrons. The molecule has 0 bridgehead atoms. The van der Waals surface area contributed by atoms with Crippen LogP contribution in [0, 0.1) is 20.8 Å². The van der Waals surface area contributed by atoms with Gasteiger partial charge in [0.05, 0.1) is 15.7 Å². The summed E-state index contributed by atoms with van der Waals surface area (Å²) < 4.78 is 12.8. The smallest absolute Gasteiger partial charge is 0.122 e. The lowest BCUT2D eigenvalue weighted by Crippen LogP contribution is -2.13. The van der Waals surface area contributed by atoms with Gasteiger partial charge < -0.3 is 5.11 Å². The summed E-state index contributed by atoms with van der Waals surface area (Å²) in [5, 5.41) is 10.2. The Kier molecular flexibility index (Phi) is 2.75. The van der Waals surface area contributed by atoms with Crippen LogP contribution in [-0.4, -0.2) is 9.32 Å². The van der Waals surface area contributed by atoms with E-state index in [-0.39, 0.29) is 0 Å². The second-order valence-corrected chi connectivity index (χ2v) is 6.47. The van der Waals surface area contributed by atoms with Crippen molar-refractivity contribution in [2.24, 2.45) is 0 Å². The summed E-state index contributed by atoms with van der Waals surface area (Å²) in [6.45, 7) is 5.74. The molecular weight excluding hydrogens is 256 g/mol. The molecule has 1 N–H and O–H groups in total. The molecule has 0 spiro atoms. The molecule has 1 atom stereocenters. The Morgan fingerprint density at radius 1 is 1.05 bits per heavy atom. The van der Waals surface area contributed by atoms with Gasteiger partial charge in [-0.05, 0) is 54.7 Å². The van der Waals surface area contributed by atoms with Crippen LogP contribution in [-0.2, 0) is 17.2 Å². The summed E-state index contributed by atoms with van der Waals surface area (Å²) in [6.07, 6.45) is 0.748. The van der Waals surface area contributed by atoms with Crippen LogP contribution < -0.4 is 0 Å². The number of phenolic OH excluding ortho intramolecular Hbond substituents is 1. The highest BCUT2D eigenvalue weighted by Crippen LogP contribution is 2.40. The molecule has 0 fully saturated rings. The summed E-state index contributed by atoms with van der Waals surface area (Å²) in [4.78, 5) is 1.80. The molecule has 2 nitrogen and oxygen atoms in total. The van der Waals surface area contributed by atoms with Crippen molar-refractivity contribution in [3.8, 4) is 5.75 Å². The zero-order valence-corrected chi connectivity index (χ0v) is 12.1. The van der Waals surface area contributed by atoms with Crippen molar-refractivity contribution in [3.05, 3.63) is 52.1 Å². The molecule has 0 saturated carbocycles. The Hall–Kier alpha value is -1.61. The largest absolute Gasteiger partial charge is 0.507 e. The monoisotopic (exact) mass is 272 g/mol. The zero-order valence-electron chi connectivity index (χ0n) is 11.3. The molecule has 3 rings (SSSR count). The predicted molar refractivity (Wildman–Crippen MR) is 76.2 cm³/mol. The van der Waals surface area contributed by atoms with Crippen LogP contribution in [0.4, 0.5) is 0 Å². The standard InChI is InChI=1S/C16H16O2S/c1-9-10(2)16-13(11(3)15(9)17)8-12-6-4-5-7-14(12)19(16)18/h4-7,17H,8H2,1-3H3. The second kappa shape index (κ2) is 4.20. The lowest BCUT2D eigenvalue weighted by atomic mass is 9.94. The van der Waals surface area contributed by atoms with E-state index in [2.05, 4.69) is 0 Å². The van der Waals surface area contributed by atoms with Crippen molar-refractivity contribution in [2.45, 2.75) is 37.0 Å². The van der Waals surface area contributed by atoms with Crippen molar-refractivity contribution in [1.29, 1.82) is 0 Å². The predicted octanol–water partition coefficient (Wildman–Crippen LogP) is 3.39. The van der Waals surface area contributed by atoms with Gasteiger partial charge in [-0.3, -0.25) is 0 Å². The lowest BCUT2D eigenvalue weighted by molar-refractivity contribution is 0.464. The fourth-order valence-corrected chi connectivity index (χ4v) is 4.44. The molecule has 1 aliphatic heterocycles. The molecule has 3 heteroatoms. The maximum Gasteiger partial charge on any atom is 0.122 e. The van der Waals surface area contributed by atoms with Crippen LogP contribution in [0.2, 0.25) is 0 Å². The summed E-state index contributed by atoms with van der Waals surface area (Å²) in [6, 6.07) is 7.85. The van der Waals surface area contributed by atoms with Crippen LogP contribution in [0.3, 0.4) is 0 Å². The van der Waals surface area contributed by atoms with Crippen molar-refractivity contribution in [3.63, 3.8) is 0 Å². The fraction of sp³-hybridized carbons (Fsp3) is 0.250. The van der Waals surface area contributed by atoms with Gasteiger partial charge in [-0.15, -0.1) is 0 Å². The van der Waals surface area contributed by atoms with Gasteiger partial charge in [0.25, 0.3) is 0 Å². The maximum absolute atomic E-state index is 12.8. The van der Waals surface area contributed by atoms with E-state index in [1.54, 1.807) is 0 Å². The van der Waals surface area contributed by atoms with Crippen molar-refractivity contribution in [1.82, 2.24) is 0 Å². The van der Waals surface area contributed by atoms with E-state index in [0.29, 0.717) is 5.75 Å². The van der Waals surface area contributed by atoms with E-state index in [1.165, 1.54) is 0 Å². The molecule has 2 aromatic carbocycles. The Labute approximate surface area is 115 Å². The second-order valence-electron chi connectivity index (χ2n) is 5.08. The van der Waals surface area contributed by atoms with Crippen LogP contribution in [0.15, 0.2) is 34.1 Å². The normalized spacial score (nSPS) is 16.9. The van der Waals surface area contributed by atoms with Crippen LogP contribution in [0.5, 0.6) is 5.75 Å². The van der Waals surface area contributed by atoms with Crippen molar-refractivity contribution in [2.75, 3.05) is 0 Å². The molecule has 1 aliphatic rings. The van der Waals surface area contributed by atoms with Gasteiger partial charge in [-0.1, -0.05) is 18.2 Å². The van der Waals surface area contributed by atoms with Gasteiger partial charge in [-0.2, -0.15) is 0 Å². The molecule has 1 unspecified atom stereocenters. The molecule has 0 aliphatic carbocycles. The van der Waals surface area contributed by atoms with E-state index in [1.807, 2.05) is 45.0 Å². The summed E-state index contributed by atoms with van der Waals surface area (Å²) in [5.41, 5.74) is 4.77. The minimum absolute atomic E-state index is 0.340. The zero-order chi connectivity index (χ0) is 13.7. The third kappa shape index (κ3) is 1.65. The van der Waals surface area contributed by atoms with Crippen LogP contribution in [0.25, 0.3) is 0 Å². The molecule has 0 radical (unpaired) electrons. The molecule has 2 aromatic rings. The first-order chi connectivity index (χ1) is 9.02. The van der Waals surface area contributed by atoms with Gasteiger partial charge >= 0.3 is 0 Å². The number of hydrogen-bond donors (Lipinski definition) is 1. The van der Waals surface area contributed by atoms with Crippen molar-refractivity contribution >= 4 is 10.8 Å². The number of aromatic hydroxyl groups is 1. The maximum atomic E-state index is 12.8. The number of rotatable bonds is 0. The van der Waals surface area contributed by atoms with Gasteiger partial charge in [-0.25, -0.2) is 4.21 Å². The summed E-state index contributed by atoms with van der Waals surface area (Å²) in [7, 11) is -1.14. The van der Waals surface area contributed by atoms with E-state index >= 15 is 0 Å². The molecule has 0 aromatic heterocycles. The highest BCUT2D eigenvalue weighted by atomic mass is 32.2. The van der Waals surface area contributed by atoms with E-state index in [4.69, 9.17) is 0 Å². The third-order valence-electron chi connectivity index (χ3n) is 4.07. The number of benzene rings is 2. The van der Waals surface area contributed by atoms with Gasteiger partial charge in [0, 0.05) is 11.3 Å². The molecule has 1 heterocycles. The molecular formula is C16H16O2S. The van der Waals surface area contributed by atoms with Gasteiger partial charge in [0.1, 0.15) is 5.75 Å². The van der Waals surface area contributed by atoms with Crippen molar-refractivity contribution < 1.29 is 9.32 Å². The SMILES string of the molecule is Cc1c(C)c2c(c(C)c1O)Cc1ccccc1S2=O. The van der Waals surface area contributed by atoms with E-state index < -0.39 is 10.8 Å². The highest BCUT2D eigenvalue weighted by Gasteiger charge is 2.27.